The summed E-state index contributed by atoms with van der Waals surface area (Å²) < 4.78 is 11.6. The molecule has 4 N–H and O–H groups in total. The summed E-state index contributed by atoms with van der Waals surface area (Å²) in [5.74, 6) is 0.0475. The minimum absolute atomic E-state index is 0.0100. The Labute approximate surface area is 169 Å². The maximum atomic E-state index is 10.2. The van der Waals surface area contributed by atoms with E-state index in [4.69, 9.17) is 15.2 Å². The quantitative estimate of drug-likeness (QED) is 0.572. The third-order valence-corrected chi connectivity index (χ3v) is 5.14. The van der Waals surface area contributed by atoms with Crippen molar-refractivity contribution in [3.05, 3.63) is 69.5 Å². The van der Waals surface area contributed by atoms with Crippen LogP contribution >= 0.6 is 15.9 Å². The average molecular weight is 439 g/mol. The predicted molar refractivity (Wildman–Crippen MR) is 106 cm³/mol. The number of nitrogens with two attached hydrogens (primary N) is 1. The third kappa shape index (κ3) is 2.86. The number of nitrogens with one attached hydrogen (secondary N) is 1. The second-order valence-electron chi connectivity index (χ2n) is 6.18. The van der Waals surface area contributed by atoms with Crippen LogP contribution in [0, 0.1) is 11.3 Å². The van der Waals surface area contributed by atoms with Crippen LogP contribution < -0.4 is 15.2 Å². The Hall–Kier alpha value is -3.44. The molecule has 28 heavy (non-hydrogen) atoms. The molecule has 7 nitrogen and oxygen atoms in total. The van der Waals surface area contributed by atoms with Gasteiger partial charge in [-0.1, -0.05) is 34.1 Å². The lowest BCUT2D eigenvalue weighted by Gasteiger charge is -2.24. The van der Waals surface area contributed by atoms with E-state index in [0.717, 1.165) is 10.0 Å². The average Bonchev–Trinajstić information content (AvgIpc) is 3.10. The number of H-pyrrole nitrogens is 1. The van der Waals surface area contributed by atoms with Crippen LogP contribution in [-0.4, -0.2) is 22.4 Å². The van der Waals surface area contributed by atoms with Crippen LogP contribution in [-0.2, 0) is 0 Å². The molecule has 0 saturated heterocycles. The fourth-order valence-corrected chi connectivity index (χ4v) is 3.57. The molecule has 0 bridgehead atoms. The summed E-state index contributed by atoms with van der Waals surface area (Å²) in [6, 6.07) is 14.8. The van der Waals surface area contributed by atoms with Crippen LogP contribution in [0.4, 0.5) is 0 Å². The largest absolute Gasteiger partial charge is 0.504 e. The topological polar surface area (TPSA) is 117 Å². The number of methoxy groups -OCH3 is 1. The molecule has 1 atom stereocenters. The van der Waals surface area contributed by atoms with Crippen molar-refractivity contribution < 1.29 is 14.6 Å². The van der Waals surface area contributed by atoms with Crippen molar-refractivity contribution in [1.29, 1.82) is 5.26 Å². The van der Waals surface area contributed by atoms with E-state index in [1.807, 2.05) is 24.3 Å². The molecule has 4 rings (SSSR count). The Balaban J connectivity index is 1.93. The van der Waals surface area contributed by atoms with Gasteiger partial charge in [-0.3, -0.25) is 5.10 Å². The molecule has 0 unspecified atom stereocenters. The second kappa shape index (κ2) is 6.94. The lowest BCUT2D eigenvalue weighted by atomic mass is 9.83. The molecule has 2 aromatic carbocycles. The van der Waals surface area contributed by atoms with Crippen molar-refractivity contribution in [2.45, 2.75) is 5.92 Å². The van der Waals surface area contributed by atoms with Crippen molar-refractivity contribution in [1.82, 2.24) is 10.2 Å². The highest BCUT2D eigenvalue weighted by Gasteiger charge is 2.35. The van der Waals surface area contributed by atoms with Crippen LogP contribution in [0.25, 0.3) is 11.3 Å². The van der Waals surface area contributed by atoms with Gasteiger partial charge in [0.15, 0.2) is 11.5 Å². The van der Waals surface area contributed by atoms with Crippen molar-refractivity contribution in [3.63, 3.8) is 0 Å². The van der Waals surface area contributed by atoms with Crippen molar-refractivity contribution in [3.8, 4) is 34.7 Å². The number of hydrogen-bond donors (Lipinski definition) is 3. The molecule has 2 heterocycles. The fraction of sp³-hybridized carbons (Fsp3) is 0.100. The number of allylic oxidation sites excluding steroid dienone is 1. The van der Waals surface area contributed by atoms with Gasteiger partial charge in [-0.2, -0.15) is 5.26 Å². The highest BCUT2D eigenvalue weighted by atomic mass is 79.9. The molecule has 1 aromatic heterocycles. The Bertz CT molecular complexity index is 1130. The summed E-state index contributed by atoms with van der Waals surface area (Å²) in [4.78, 5) is 0. The minimum atomic E-state index is -0.553. The summed E-state index contributed by atoms with van der Waals surface area (Å²) >= 11 is 3.43. The first-order valence-electron chi connectivity index (χ1n) is 8.32. The van der Waals surface area contributed by atoms with Gasteiger partial charge in [0.2, 0.25) is 11.8 Å². The lowest BCUT2D eigenvalue weighted by molar-refractivity contribution is 0.371. The van der Waals surface area contributed by atoms with Gasteiger partial charge >= 0.3 is 0 Å². The van der Waals surface area contributed by atoms with E-state index < -0.39 is 5.92 Å². The molecular weight excluding hydrogens is 424 g/mol. The second-order valence-corrected chi connectivity index (χ2v) is 7.10. The molecular formula is C20H15BrN4O3. The van der Waals surface area contributed by atoms with E-state index in [1.165, 1.54) is 7.11 Å². The van der Waals surface area contributed by atoms with Gasteiger partial charge in [-0.15, -0.1) is 5.10 Å². The number of phenols is 1. The Morgan fingerprint density at radius 2 is 2.04 bits per heavy atom. The number of nitriles is 1. The zero-order chi connectivity index (χ0) is 19.8. The number of aromatic amines is 1. The van der Waals surface area contributed by atoms with Crippen LogP contribution in [0.15, 0.2) is 58.4 Å². The summed E-state index contributed by atoms with van der Waals surface area (Å²) in [5.41, 5.74) is 9.16. The Morgan fingerprint density at radius 1 is 1.29 bits per heavy atom. The first kappa shape index (κ1) is 17.9. The molecule has 0 radical (unpaired) electrons. The number of phenolic OH excluding ortho intramolecular Hbond substituents is 1. The van der Waals surface area contributed by atoms with Crippen molar-refractivity contribution in [2.75, 3.05) is 7.11 Å². The van der Waals surface area contributed by atoms with Gasteiger partial charge in [0.1, 0.15) is 11.6 Å². The highest BCUT2D eigenvalue weighted by Crippen LogP contribution is 2.46. The molecule has 8 heteroatoms. The number of ether oxygens (including phenoxy) is 2. The highest BCUT2D eigenvalue weighted by molar-refractivity contribution is 9.10. The van der Waals surface area contributed by atoms with E-state index in [-0.39, 0.29) is 17.2 Å². The molecule has 0 spiro atoms. The zero-order valence-electron chi connectivity index (χ0n) is 14.7. The standard InChI is InChI=1S/C20H15BrN4O3/c1-27-15-7-4-11(8-14(15)26)16-13(9-22)19(23)28-20-17(16)18(24-25-20)10-2-5-12(21)6-3-10/h2-8,16,26H,23H2,1H3,(H,24,25)/t16-/m1/s1. The smallest absolute Gasteiger partial charge is 0.244 e. The zero-order valence-corrected chi connectivity index (χ0v) is 16.3. The van der Waals surface area contributed by atoms with E-state index in [0.29, 0.717) is 28.5 Å². The molecule has 3 aromatic rings. The first-order valence-corrected chi connectivity index (χ1v) is 9.11. The van der Waals surface area contributed by atoms with E-state index in [9.17, 15) is 10.4 Å². The normalized spacial score (nSPS) is 15.5. The third-order valence-electron chi connectivity index (χ3n) is 4.61. The SMILES string of the molecule is COc1ccc([C@@H]2C(C#N)=C(N)Oc3n[nH]c(-c4ccc(Br)cc4)c32)cc1O. The van der Waals surface area contributed by atoms with Crippen LogP contribution in [0.2, 0.25) is 0 Å². The number of halogens is 1. The molecule has 0 fully saturated rings. The number of benzene rings is 2. The lowest BCUT2D eigenvalue weighted by Crippen LogP contribution is -2.21. The Morgan fingerprint density at radius 3 is 2.68 bits per heavy atom. The molecule has 1 aliphatic rings. The van der Waals surface area contributed by atoms with Crippen molar-refractivity contribution >= 4 is 15.9 Å². The van der Waals surface area contributed by atoms with Gasteiger partial charge < -0.3 is 20.3 Å². The van der Waals surface area contributed by atoms with Gasteiger partial charge in [-0.05, 0) is 29.8 Å². The molecule has 0 aliphatic carbocycles. The first-order chi connectivity index (χ1) is 13.5. The van der Waals surface area contributed by atoms with Crippen LogP contribution in [0.3, 0.4) is 0 Å². The number of aromatic hydroxyl groups is 1. The molecule has 0 amide bonds. The summed E-state index contributed by atoms with van der Waals surface area (Å²) in [6.45, 7) is 0. The minimum Gasteiger partial charge on any atom is -0.504 e. The number of nitrogens with zero attached hydrogens (tertiary/aromatic N) is 2. The van der Waals surface area contributed by atoms with E-state index in [1.54, 1.807) is 18.2 Å². The maximum Gasteiger partial charge on any atom is 0.244 e. The molecule has 1 aliphatic heterocycles. The Kier molecular flexibility index (Phi) is 4.45. The number of fused-ring (bicyclic) bond motifs is 1. The van der Waals surface area contributed by atoms with E-state index >= 15 is 0 Å². The molecule has 140 valence electrons. The van der Waals surface area contributed by atoms with Crippen LogP contribution in [0.5, 0.6) is 17.4 Å². The maximum absolute atomic E-state index is 10.2. The van der Waals surface area contributed by atoms with Gasteiger partial charge in [0.25, 0.3) is 0 Å². The van der Waals surface area contributed by atoms with Gasteiger partial charge in [0.05, 0.1) is 24.3 Å². The van der Waals surface area contributed by atoms with Crippen LogP contribution in [0.1, 0.15) is 17.0 Å². The monoisotopic (exact) mass is 438 g/mol. The van der Waals surface area contributed by atoms with Gasteiger partial charge in [0, 0.05) is 10.0 Å². The number of rotatable bonds is 3. The number of hydrogen-bond acceptors (Lipinski definition) is 6. The van der Waals surface area contributed by atoms with E-state index in [2.05, 4.69) is 32.2 Å². The summed E-state index contributed by atoms with van der Waals surface area (Å²) in [5, 5.41) is 27.2. The molecule has 0 saturated carbocycles. The summed E-state index contributed by atoms with van der Waals surface area (Å²) in [6.07, 6.45) is 0. The van der Waals surface area contributed by atoms with Crippen molar-refractivity contribution in [2.24, 2.45) is 5.73 Å². The predicted octanol–water partition coefficient (Wildman–Crippen LogP) is 3.77. The number of aromatic nitrogens is 2. The summed E-state index contributed by atoms with van der Waals surface area (Å²) in [7, 11) is 1.47. The fourth-order valence-electron chi connectivity index (χ4n) is 3.30. The van der Waals surface area contributed by atoms with Gasteiger partial charge in [-0.25, -0.2) is 0 Å².